The zero-order valence-corrected chi connectivity index (χ0v) is 11.3. The molecule has 0 N–H and O–H groups in total. The summed E-state index contributed by atoms with van der Waals surface area (Å²) in [6, 6.07) is 2.24. The van der Waals surface area contributed by atoms with Crippen molar-refractivity contribution in [3.05, 3.63) is 11.6 Å². The van der Waals surface area contributed by atoms with Crippen LogP contribution in [0.4, 0.5) is 0 Å². The zero-order valence-electron chi connectivity index (χ0n) is 11.3. The van der Waals surface area contributed by atoms with Crippen molar-refractivity contribution >= 4 is 0 Å². The summed E-state index contributed by atoms with van der Waals surface area (Å²) in [5.41, 5.74) is 0.903. The maximum Gasteiger partial charge on any atom is 0.0957 e. The Morgan fingerprint density at radius 1 is 1.38 bits per heavy atom. The minimum atomic E-state index is 0.851. The van der Waals surface area contributed by atoms with E-state index in [-0.39, 0.29) is 0 Å². The predicted molar refractivity (Wildman–Crippen MR) is 70.2 cm³/mol. The second-order valence-electron chi connectivity index (χ2n) is 4.05. The van der Waals surface area contributed by atoms with Gasteiger partial charge in [0.25, 0.3) is 0 Å². The van der Waals surface area contributed by atoms with Crippen LogP contribution in [0, 0.1) is 17.2 Å². The molecule has 1 aliphatic rings. The lowest BCUT2D eigenvalue weighted by atomic mass is 9.94. The first-order valence-electron chi connectivity index (χ1n) is 6.57. The molecule has 16 heavy (non-hydrogen) atoms. The fourth-order valence-electron chi connectivity index (χ4n) is 1.98. The van der Waals surface area contributed by atoms with Crippen LogP contribution in [0.25, 0.3) is 0 Å². The molecular formula is C14H26N2. The van der Waals surface area contributed by atoms with Crippen molar-refractivity contribution in [2.45, 2.75) is 47.0 Å². The SMILES string of the molecule is C/C=C(\C#N)CN1CCC(CC)CC1.CC. The average Bonchev–Trinajstić information content (AvgIpc) is 2.39. The van der Waals surface area contributed by atoms with Crippen LogP contribution < -0.4 is 0 Å². The lowest BCUT2D eigenvalue weighted by molar-refractivity contribution is 0.196. The minimum Gasteiger partial charge on any atom is -0.298 e. The predicted octanol–water partition coefficient (Wildman–Crippen LogP) is 3.60. The molecular weight excluding hydrogens is 196 g/mol. The van der Waals surface area contributed by atoms with Crippen molar-refractivity contribution in [2.24, 2.45) is 5.92 Å². The Morgan fingerprint density at radius 3 is 2.31 bits per heavy atom. The fourth-order valence-corrected chi connectivity index (χ4v) is 1.98. The van der Waals surface area contributed by atoms with Crippen molar-refractivity contribution in [1.29, 1.82) is 5.26 Å². The zero-order chi connectivity index (χ0) is 12.4. The van der Waals surface area contributed by atoms with Crippen molar-refractivity contribution in [3.8, 4) is 6.07 Å². The van der Waals surface area contributed by atoms with Gasteiger partial charge in [-0.15, -0.1) is 0 Å². The highest BCUT2D eigenvalue weighted by Gasteiger charge is 2.17. The van der Waals surface area contributed by atoms with Gasteiger partial charge in [0, 0.05) is 12.1 Å². The number of hydrogen-bond donors (Lipinski definition) is 0. The minimum absolute atomic E-state index is 0.851. The van der Waals surface area contributed by atoms with E-state index in [1.807, 2.05) is 26.8 Å². The monoisotopic (exact) mass is 222 g/mol. The van der Waals surface area contributed by atoms with Crippen LogP contribution in [-0.4, -0.2) is 24.5 Å². The summed E-state index contributed by atoms with van der Waals surface area (Å²) in [4.78, 5) is 2.39. The maximum atomic E-state index is 8.81. The molecule has 0 amide bonds. The first-order chi connectivity index (χ1) is 7.80. The van der Waals surface area contributed by atoms with E-state index in [2.05, 4.69) is 17.9 Å². The number of nitrogens with zero attached hydrogens (tertiary/aromatic N) is 2. The molecule has 0 aromatic rings. The third-order valence-electron chi connectivity index (χ3n) is 3.17. The summed E-state index contributed by atoms with van der Waals surface area (Å²) in [7, 11) is 0. The highest BCUT2D eigenvalue weighted by atomic mass is 15.1. The van der Waals surface area contributed by atoms with Crippen molar-refractivity contribution in [2.75, 3.05) is 19.6 Å². The topological polar surface area (TPSA) is 27.0 Å². The molecule has 1 fully saturated rings. The van der Waals surface area contributed by atoms with E-state index in [9.17, 15) is 0 Å². The molecule has 2 heteroatoms. The van der Waals surface area contributed by atoms with Crippen molar-refractivity contribution in [3.63, 3.8) is 0 Å². The molecule has 0 unspecified atom stereocenters. The number of hydrogen-bond acceptors (Lipinski definition) is 2. The Balaban J connectivity index is 0.00000106. The van der Waals surface area contributed by atoms with Gasteiger partial charge in [-0.25, -0.2) is 0 Å². The summed E-state index contributed by atoms with van der Waals surface area (Å²) >= 11 is 0. The number of rotatable bonds is 3. The molecule has 2 nitrogen and oxygen atoms in total. The van der Waals surface area contributed by atoms with Crippen LogP contribution in [0.5, 0.6) is 0 Å². The van der Waals surface area contributed by atoms with Crippen LogP contribution in [0.15, 0.2) is 11.6 Å². The summed E-state index contributed by atoms with van der Waals surface area (Å²) in [6.07, 6.45) is 5.84. The Morgan fingerprint density at radius 2 is 1.94 bits per heavy atom. The van der Waals surface area contributed by atoms with Gasteiger partial charge in [-0.1, -0.05) is 33.3 Å². The third-order valence-corrected chi connectivity index (χ3v) is 3.17. The maximum absolute atomic E-state index is 8.81. The molecule has 0 aromatic heterocycles. The molecule has 0 aliphatic carbocycles. The summed E-state index contributed by atoms with van der Waals surface area (Å²) in [5.74, 6) is 0.919. The molecule has 0 saturated carbocycles. The van der Waals surface area contributed by atoms with Gasteiger partial charge in [0.2, 0.25) is 0 Å². The van der Waals surface area contributed by atoms with Crippen molar-refractivity contribution in [1.82, 2.24) is 4.90 Å². The van der Waals surface area contributed by atoms with Crippen LogP contribution in [0.1, 0.15) is 47.0 Å². The van der Waals surface area contributed by atoms with Crippen LogP contribution in [-0.2, 0) is 0 Å². The van der Waals surface area contributed by atoms with Crippen molar-refractivity contribution < 1.29 is 0 Å². The quantitative estimate of drug-likeness (QED) is 0.682. The summed E-state index contributed by atoms with van der Waals surface area (Å²) < 4.78 is 0. The first kappa shape index (κ1) is 15.2. The molecule has 1 heterocycles. The molecule has 0 aromatic carbocycles. The Kier molecular flexibility index (Phi) is 8.94. The largest absolute Gasteiger partial charge is 0.298 e. The van der Waals surface area contributed by atoms with Gasteiger partial charge in [0.1, 0.15) is 0 Å². The van der Waals surface area contributed by atoms with Crippen LogP contribution >= 0.6 is 0 Å². The molecule has 1 aliphatic heterocycles. The van der Waals surface area contributed by atoms with E-state index >= 15 is 0 Å². The normalized spacial score (nSPS) is 18.6. The molecule has 0 atom stereocenters. The summed E-state index contributed by atoms with van der Waals surface area (Å²) in [6.45, 7) is 11.4. The first-order valence-corrected chi connectivity index (χ1v) is 6.57. The van der Waals surface area contributed by atoms with Gasteiger partial charge in [0.05, 0.1) is 6.07 Å². The Hall–Kier alpha value is -0.810. The molecule has 92 valence electrons. The van der Waals surface area contributed by atoms with E-state index in [1.165, 1.54) is 19.3 Å². The van der Waals surface area contributed by atoms with Gasteiger partial charge in [-0.2, -0.15) is 5.26 Å². The van der Waals surface area contributed by atoms with Gasteiger partial charge in [-0.3, -0.25) is 4.90 Å². The number of nitriles is 1. The standard InChI is InChI=1S/C12H20N2.C2H6/c1-3-11-5-7-14(8-6-11)10-12(4-2)9-13;1-2/h4,11H,3,5-8,10H2,1-2H3;1-2H3/b12-4+;. The Labute approximate surface area is 101 Å². The highest BCUT2D eigenvalue weighted by molar-refractivity contribution is 5.21. The number of likely N-dealkylation sites (tertiary alicyclic amines) is 1. The molecule has 0 spiro atoms. The lowest BCUT2D eigenvalue weighted by Gasteiger charge is -2.31. The number of piperidine rings is 1. The second-order valence-corrected chi connectivity index (χ2v) is 4.05. The van der Waals surface area contributed by atoms with Gasteiger partial charge < -0.3 is 0 Å². The Bertz CT molecular complexity index is 230. The average molecular weight is 222 g/mol. The molecule has 0 bridgehead atoms. The highest BCUT2D eigenvalue weighted by Crippen LogP contribution is 2.20. The molecule has 1 saturated heterocycles. The fraction of sp³-hybridized carbons (Fsp3) is 0.786. The van der Waals surface area contributed by atoms with E-state index in [1.54, 1.807) is 0 Å². The van der Waals surface area contributed by atoms with Crippen LogP contribution in [0.3, 0.4) is 0 Å². The second kappa shape index (κ2) is 9.42. The molecule has 0 radical (unpaired) electrons. The number of allylic oxidation sites excluding steroid dienone is 1. The van der Waals surface area contributed by atoms with Crippen LogP contribution in [0.2, 0.25) is 0 Å². The third kappa shape index (κ3) is 5.32. The van der Waals surface area contributed by atoms with E-state index in [4.69, 9.17) is 5.26 Å². The lowest BCUT2D eigenvalue weighted by Crippen LogP contribution is -2.34. The van der Waals surface area contributed by atoms with Gasteiger partial charge in [0.15, 0.2) is 0 Å². The van der Waals surface area contributed by atoms with Gasteiger partial charge >= 0.3 is 0 Å². The van der Waals surface area contributed by atoms with E-state index in [0.29, 0.717) is 0 Å². The smallest absolute Gasteiger partial charge is 0.0957 e. The van der Waals surface area contributed by atoms with Gasteiger partial charge in [-0.05, 0) is 38.8 Å². The van der Waals surface area contributed by atoms with E-state index in [0.717, 1.165) is 31.1 Å². The molecule has 1 rings (SSSR count). The summed E-state index contributed by atoms with van der Waals surface area (Å²) in [5, 5.41) is 8.81. The van der Waals surface area contributed by atoms with E-state index < -0.39 is 0 Å².